The maximum atomic E-state index is 13.2. The van der Waals surface area contributed by atoms with Gasteiger partial charge in [-0.1, -0.05) is 29.8 Å². The number of halogens is 1. The van der Waals surface area contributed by atoms with Crippen molar-refractivity contribution in [2.75, 3.05) is 26.4 Å². The van der Waals surface area contributed by atoms with Crippen molar-refractivity contribution in [1.29, 1.82) is 0 Å². The number of hydrogen-bond donors (Lipinski definition) is 3. The number of hydrogen-bond acceptors (Lipinski definition) is 8. The van der Waals surface area contributed by atoms with E-state index in [2.05, 4.69) is 20.8 Å². The molecule has 0 fully saturated rings. The van der Waals surface area contributed by atoms with Gasteiger partial charge in [0.2, 0.25) is 14.2 Å². The van der Waals surface area contributed by atoms with Gasteiger partial charge in [-0.2, -0.15) is 0 Å². The van der Waals surface area contributed by atoms with Crippen LogP contribution in [0.4, 0.5) is 0 Å². The second-order valence-electron chi connectivity index (χ2n) is 11.3. The minimum absolute atomic E-state index is 0.0121. The minimum atomic E-state index is -2.39. The maximum Gasteiger partial charge on any atom is 0.251 e. The van der Waals surface area contributed by atoms with E-state index in [0.29, 0.717) is 39.4 Å². The Morgan fingerprint density at radius 1 is 1.00 bits per heavy atom. The second-order valence-corrected chi connectivity index (χ2v) is 15.6. The molecule has 0 bridgehead atoms. The number of methoxy groups -OCH3 is 1. The first-order valence-electron chi connectivity index (χ1n) is 14.5. The molecule has 13 heteroatoms. The first-order valence-corrected chi connectivity index (χ1v) is 18.0. The monoisotopic (exact) mass is 646 g/mol. The molecule has 4 aromatic rings. The minimum Gasteiger partial charge on any atom is -0.497 e. The van der Waals surface area contributed by atoms with Crippen LogP contribution in [0.2, 0.25) is 18.1 Å². The van der Waals surface area contributed by atoms with Crippen molar-refractivity contribution in [3.63, 3.8) is 0 Å². The average molecular weight is 647 g/mol. The summed E-state index contributed by atoms with van der Waals surface area (Å²) < 4.78 is 13.1. The number of nitrogens with zero attached hydrogens (tertiary/aromatic N) is 4. The lowest BCUT2D eigenvalue weighted by Gasteiger charge is -2.15. The van der Waals surface area contributed by atoms with E-state index in [1.165, 1.54) is 0 Å². The fourth-order valence-electron chi connectivity index (χ4n) is 4.89. The fourth-order valence-corrected chi connectivity index (χ4v) is 5.54. The zero-order valence-electron chi connectivity index (χ0n) is 25.5. The molecule has 2 amide bonds. The lowest BCUT2D eigenvalue weighted by Crippen LogP contribution is -2.35. The molecule has 11 nitrogen and oxygen atoms in total. The molecular formula is C32H35ClN6O5Si. The zero-order chi connectivity index (χ0) is 32.1. The van der Waals surface area contributed by atoms with Crippen LogP contribution in [-0.2, 0) is 4.79 Å². The number of aryl methyl sites for hydroxylation is 1. The van der Waals surface area contributed by atoms with Crippen molar-refractivity contribution < 1.29 is 23.9 Å². The summed E-state index contributed by atoms with van der Waals surface area (Å²) >= 11 is 6.18. The Bertz CT molecular complexity index is 1730. The first-order chi connectivity index (χ1) is 21.5. The highest BCUT2D eigenvalue weighted by Crippen LogP contribution is 2.34. The van der Waals surface area contributed by atoms with Gasteiger partial charge < -0.3 is 24.9 Å². The zero-order valence-corrected chi connectivity index (χ0v) is 27.3. The molecule has 1 aliphatic rings. The van der Waals surface area contributed by atoms with Crippen LogP contribution in [0.3, 0.4) is 0 Å². The van der Waals surface area contributed by atoms with Crippen molar-refractivity contribution in [2.45, 2.75) is 32.5 Å². The van der Waals surface area contributed by atoms with Crippen LogP contribution in [-0.4, -0.2) is 71.8 Å². The summed E-state index contributed by atoms with van der Waals surface area (Å²) in [5, 5.41) is 15.0. The maximum absolute atomic E-state index is 13.2. The van der Waals surface area contributed by atoms with Crippen molar-refractivity contribution in [3.05, 3.63) is 100 Å². The van der Waals surface area contributed by atoms with Crippen molar-refractivity contribution in [1.82, 2.24) is 25.4 Å². The smallest absolute Gasteiger partial charge is 0.251 e. The van der Waals surface area contributed by atoms with E-state index in [9.17, 15) is 14.4 Å². The van der Waals surface area contributed by atoms with Crippen LogP contribution in [0.15, 0.2) is 71.7 Å². The Labute approximate surface area is 267 Å². The molecule has 0 radical (unpaired) electrons. The molecule has 0 spiro atoms. The topological polar surface area (TPSA) is 140 Å². The number of nitrogens with one attached hydrogen (secondary N) is 2. The Balaban J connectivity index is 1.29. The van der Waals surface area contributed by atoms with Crippen molar-refractivity contribution in [3.8, 4) is 17.2 Å². The van der Waals surface area contributed by atoms with Gasteiger partial charge in [0.25, 0.3) is 5.91 Å². The summed E-state index contributed by atoms with van der Waals surface area (Å²) in [6, 6.07) is 19.2. The third kappa shape index (κ3) is 7.77. The average Bonchev–Trinajstić information content (AvgIpc) is 3.34. The molecule has 0 unspecified atom stereocenters. The van der Waals surface area contributed by atoms with Crippen LogP contribution >= 0.6 is 11.6 Å². The Hall–Kier alpha value is -4.52. The van der Waals surface area contributed by atoms with E-state index in [1.54, 1.807) is 56.6 Å². The molecular weight excluding hydrogens is 612 g/mol. The molecule has 1 aromatic heterocycles. The largest absolute Gasteiger partial charge is 0.497 e. The number of ether oxygens (including phenoxy) is 2. The Kier molecular flexibility index (Phi) is 9.66. The first kappa shape index (κ1) is 31.9. The summed E-state index contributed by atoms with van der Waals surface area (Å²) in [6.07, 6.45) is 0.241. The van der Waals surface area contributed by atoms with Gasteiger partial charge in [-0.3, -0.25) is 19.1 Å². The molecule has 45 heavy (non-hydrogen) atoms. The van der Waals surface area contributed by atoms with Crippen LogP contribution in [0.25, 0.3) is 5.69 Å². The van der Waals surface area contributed by atoms with Gasteiger partial charge >= 0.3 is 0 Å². The van der Waals surface area contributed by atoms with Gasteiger partial charge in [0.1, 0.15) is 29.6 Å². The number of benzene rings is 3. The number of carbonyl (C=O) groups excluding carboxylic acids is 2. The van der Waals surface area contributed by atoms with E-state index < -0.39 is 14.4 Å². The second kappa shape index (κ2) is 13.6. The van der Waals surface area contributed by atoms with E-state index in [-0.39, 0.29) is 37.6 Å². The summed E-state index contributed by atoms with van der Waals surface area (Å²) in [5.74, 6) is 1.82. The van der Waals surface area contributed by atoms with Crippen LogP contribution in [0.5, 0.6) is 11.5 Å². The predicted molar refractivity (Wildman–Crippen MR) is 174 cm³/mol. The molecule has 0 saturated carbocycles. The number of amides is 2. The lowest BCUT2D eigenvalue weighted by atomic mass is 10.00. The van der Waals surface area contributed by atoms with E-state index in [1.807, 2.05) is 41.8 Å². The van der Waals surface area contributed by atoms with Crippen molar-refractivity contribution in [2.24, 2.45) is 4.99 Å². The standard InChI is InChI=1S/C32H35ClN6O5Si/c1-20-37-38-31-27(18-29(40)34-14-15-35-32(41)22-6-5-7-25(16-22)44-19-45(3,4)42)36-30(21-8-10-23(33)11-9-21)26-17-24(43-2)12-13-28(26)39(20)31/h5-13,16-17,27,42H,14-15,18-19H2,1-4H3,(H,34,40)(H,35,41)/t27-/m0/s1. The molecule has 3 N–H and O–H groups in total. The van der Waals surface area contributed by atoms with Crippen LogP contribution in [0.1, 0.15) is 45.6 Å². The number of carbonyl (C=O) groups is 2. The SMILES string of the molecule is COc1ccc2c(c1)C(c1ccc(Cl)cc1)=N[C@@H](CC(=O)NCCNC(=O)c1cccc(OC[Si](C)(C)O)c1)c1nnc(C)n1-2. The molecule has 0 saturated heterocycles. The molecule has 1 atom stereocenters. The number of aromatic nitrogens is 3. The summed E-state index contributed by atoms with van der Waals surface area (Å²) in [5.41, 5.74) is 3.55. The number of aliphatic imine (C=N–C) groups is 1. The molecule has 2 heterocycles. The molecule has 0 aliphatic carbocycles. The van der Waals surface area contributed by atoms with Gasteiger partial charge in [0, 0.05) is 34.8 Å². The predicted octanol–water partition coefficient (Wildman–Crippen LogP) is 4.18. The van der Waals surface area contributed by atoms with Gasteiger partial charge in [-0.25, -0.2) is 0 Å². The number of fused-ring (bicyclic) bond motifs is 3. The highest BCUT2D eigenvalue weighted by molar-refractivity contribution is 6.69. The van der Waals surface area contributed by atoms with Crippen molar-refractivity contribution >= 4 is 37.4 Å². The van der Waals surface area contributed by atoms with Crippen LogP contribution in [0, 0.1) is 6.92 Å². The van der Waals surface area contributed by atoms with E-state index in [4.69, 9.17) is 26.1 Å². The van der Waals surface area contributed by atoms with E-state index >= 15 is 0 Å². The Morgan fingerprint density at radius 3 is 2.49 bits per heavy atom. The highest BCUT2D eigenvalue weighted by atomic mass is 35.5. The quantitative estimate of drug-likeness (QED) is 0.164. The summed E-state index contributed by atoms with van der Waals surface area (Å²) in [6.45, 7) is 5.85. The van der Waals surface area contributed by atoms with Crippen LogP contribution < -0.4 is 20.1 Å². The van der Waals surface area contributed by atoms with Gasteiger partial charge in [0.15, 0.2) is 5.82 Å². The highest BCUT2D eigenvalue weighted by Gasteiger charge is 2.30. The third-order valence-electron chi connectivity index (χ3n) is 7.05. The van der Waals surface area contributed by atoms with Gasteiger partial charge in [-0.05, 0) is 68.5 Å². The normalized spacial score (nSPS) is 14.0. The fraction of sp³-hybridized carbons (Fsp3) is 0.281. The van der Waals surface area contributed by atoms with E-state index in [0.717, 1.165) is 16.8 Å². The molecule has 234 valence electrons. The summed E-state index contributed by atoms with van der Waals surface area (Å²) in [7, 11) is -0.786. The van der Waals surface area contributed by atoms with Gasteiger partial charge in [0.05, 0.1) is 24.9 Å². The third-order valence-corrected chi connectivity index (χ3v) is 8.15. The molecule has 1 aliphatic heterocycles. The summed E-state index contributed by atoms with van der Waals surface area (Å²) in [4.78, 5) is 41.0. The Morgan fingerprint density at radius 2 is 1.76 bits per heavy atom. The number of rotatable bonds is 11. The molecule has 5 rings (SSSR count). The molecule has 3 aromatic carbocycles. The van der Waals surface area contributed by atoms with Gasteiger partial charge in [-0.15, -0.1) is 10.2 Å². The lowest BCUT2D eigenvalue weighted by molar-refractivity contribution is -0.121.